The highest BCUT2D eigenvalue weighted by Gasteiger charge is 2.27. The third kappa shape index (κ3) is 7.83. The zero-order valence-electron chi connectivity index (χ0n) is 19.7. The van der Waals surface area contributed by atoms with E-state index in [1.807, 2.05) is 12.1 Å². The van der Waals surface area contributed by atoms with Crippen LogP contribution in [0, 0.1) is 17.8 Å². The molecule has 8 heteroatoms. The van der Waals surface area contributed by atoms with Gasteiger partial charge in [-0.15, -0.1) is 0 Å². The topological polar surface area (TPSA) is 120 Å². The van der Waals surface area contributed by atoms with Gasteiger partial charge in [0.1, 0.15) is 13.2 Å². The van der Waals surface area contributed by atoms with Crippen molar-refractivity contribution in [3.05, 3.63) is 17.7 Å². The lowest BCUT2D eigenvalue weighted by atomic mass is 9.82. The van der Waals surface area contributed by atoms with E-state index >= 15 is 0 Å². The van der Waals surface area contributed by atoms with E-state index in [4.69, 9.17) is 29.8 Å². The zero-order chi connectivity index (χ0) is 23.7. The summed E-state index contributed by atoms with van der Waals surface area (Å²) >= 11 is 0. The molecule has 1 aliphatic rings. The maximum atomic E-state index is 11.1. The van der Waals surface area contributed by atoms with Crippen LogP contribution < -0.4 is 19.9 Å². The molecule has 4 atom stereocenters. The average Bonchev–Trinajstić information content (AvgIpc) is 2.75. The number of fused-ring (bicyclic) bond motifs is 1. The highest BCUT2D eigenvalue weighted by atomic mass is 16.6. The fourth-order valence-electron chi connectivity index (χ4n) is 3.82. The second kappa shape index (κ2) is 12.9. The molecule has 1 aromatic rings. The number of benzene rings is 1. The summed E-state index contributed by atoms with van der Waals surface area (Å²) in [6.07, 6.45) is 1.38. The van der Waals surface area contributed by atoms with Crippen molar-refractivity contribution < 1.29 is 34.0 Å². The van der Waals surface area contributed by atoms with E-state index in [0.717, 1.165) is 18.4 Å². The van der Waals surface area contributed by atoms with Crippen LogP contribution in [0.3, 0.4) is 0 Å². The Hall–Kier alpha value is -2.03. The third-order valence-corrected chi connectivity index (χ3v) is 5.94. The smallest absolute Gasteiger partial charge is 0.306 e. The van der Waals surface area contributed by atoms with Gasteiger partial charge >= 0.3 is 5.97 Å². The van der Waals surface area contributed by atoms with Crippen molar-refractivity contribution in [3.8, 4) is 17.2 Å². The molecule has 1 heterocycles. The van der Waals surface area contributed by atoms with Crippen LogP contribution in [-0.4, -0.2) is 61.9 Å². The van der Waals surface area contributed by atoms with Crippen LogP contribution in [0.5, 0.6) is 17.2 Å². The molecule has 0 spiro atoms. The minimum atomic E-state index is -0.925. The molecule has 32 heavy (non-hydrogen) atoms. The quantitative estimate of drug-likeness (QED) is 0.368. The van der Waals surface area contributed by atoms with Gasteiger partial charge in [0, 0.05) is 26.2 Å². The molecule has 182 valence electrons. The number of carboxylic acids is 1. The van der Waals surface area contributed by atoms with Crippen LogP contribution >= 0.6 is 0 Å². The number of nitrogens with two attached hydrogens (primary N) is 1. The van der Waals surface area contributed by atoms with E-state index < -0.39 is 24.0 Å². The zero-order valence-corrected chi connectivity index (χ0v) is 19.7. The molecule has 0 amide bonds. The first-order valence-corrected chi connectivity index (χ1v) is 11.4. The number of aliphatic hydroxyl groups is 1. The molecular weight excluding hydrogens is 414 g/mol. The molecule has 4 unspecified atom stereocenters. The van der Waals surface area contributed by atoms with Crippen LogP contribution in [0.1, 0.15) is 45.6 Å². The SMILES string of the molecule is COCCCOc1cc(CC(CC(N)C(O)CC(C)C(=O)O)C(C)C)cc2c1OCCO2. The summed E-state index contributed by atoms with van der Waals surface area (Å²) in [7, 11) is 1.66. The van der Waals surface area contributed by atoms with Gasteiger partial charge in [-0.05, 0) is 48.8 Å². The van der Waals surface area contributed by atoms with Crippen molar-refractivity contribution in [2.24, 2.45) is 23.5 Å². The van der Waals surface area contributed by atoms with Crippen molar-refractivity contribution >= 4 is 5.97 Å². The molecule has 0 radical (unpaired) electrons. The summed E-state index contributed by atoms with van der Waals surface area (Å²) in [6, 6.07) is 3.48. The standard InChI is InChI=1S/C24H39NO7/c1-15(2)18(14-19(25)20(26)10-16(3)24(27)28)11-17-12-21(30-7-5-6-29-4)23-22(13-17)31-8-9-32-23/h12-13,15-16,18-20,26H,5-11,14,25H2,1-4H3,(H,27,28). The molecule has 0 saturated heterocycles. The molecular formula is C24H39NO7. The van der Waals surface area contributed by atoms with Gasteiger partial charge in [0.2, 0.25) is 5.75 Å². The van der Waals surface area contributed by atoms with Crippen molar-refractivity contribution in [2.75, 3.05) is 33.5 Å². The number of aliphatic carboxylic acids is 1. The number of hydrogen-bond acceptors (Lipinski definition) is 7. The van der Waals surface area contributed by atoms with Crippen molar-refractivity contribution in [1.82, 2.24) is 0 Å². The number of ether oxygens (including phenoxy) is 4. The molecule has 2 rings (SSSR count). The fraction of sp³-hybridized carbons (Fsp3) is 0.708. The van der Waals surface area contributed by atoms with Gasteiger partial charge in [0.25, 0.3) is 0 Å². The second-order valence-electron chi connectivity index (χ2n) is 8.96. The van der Waals surface area contributed by atoms with E-state index in [-0.39, 0.29) is 12.3 Å². The largest absolute Gasteiger partial charge is 0.489 e. The Morgan fingerprint density at radius 3 is 2.53 bits per heavy atom. The van der Waals surface area contributed by atoms with Gasteiger partial charge in [0.15, 0.2) is 11.5 Å². The first-order chi connectivity index (χ1) is 15.2. The van der Waals surface area contributed by atoms with Crippen LogP contribution in [0.2, 0.25) is 0 Å². The van der Waals surface area contributed by atoms with E-state index in [2.05, 4.69) is 13.8 Å². The first-order valence-electron chi connectivity index (χ1n) is 11.4. The normalized spacial score (nSPS) is 17.0. The Morgan fingerprint density at radius 1 is 1.16 bits per heavy atom. The Labute approximate surface area is 191 Å². The van der Waals surface area contributed by atoms with Crippen LogP contribution in [-0.2, 0) is 16.0 Å². The van der Waals surface area contributed by atoms with Gasteiger partial charge in [0.05, 0.1) is 18.6 Å². The fourth-order valence-corrected chi connectivity index (χ4v) is 3.82. The van der Waals surface area contributed by atoms with Gasteiger partial charge in [-0.2, -0.15) is 0 Å². The lowest BCUT2D eigenvalue weighted by molar-refractivity contribution is -0.142. The summed E-state index contributed by atoms with van der Waals surface area (Å²) in [6.45, 7) is 7.95. The van der Waals surface area contributed by atoms with Crippen LogP contribution in [0.25, 0.3) is 0 Å². The van der Waals surface area contributed by atoms with Crippen molar-refractivity contribution in [3.63, 3.8) is 0 Å². The lowest BCUT2D eigenvalue weighted by Crippen LogP contribution is -2.39. The molecule has 4 N–H and O–H groups in total. The van der Waals surface area contributed by atoms with Gasteiger partial charge in [-0.25, -0.2) is 0 Å². The Balaban J connectivity index is 2.11. The summed E-state index contributed by atoms with van der Waals surface area (Å²) in [5.74, 6) is 0.935. The van der Waals surface area contributed by atoms with E-state index in [1.54, 1.807) is 14.0 Å². The predicted molar refractivity (Wildman–Crippen MR) is 121 cm³/mol. The second-order valence-corrected chi connectivity index (χ2v) is 8.96. The van der Waals surface area contributed by atoms with Crippen LogP contribution in [0.4, 0.5) is 0 Å². The average molecular weight is 454 g/mol. The van der Waals surface area contributed by atoms with E-state index in [0.29, 0.717) is 56.0 Å². The number of carbonyl (C=O) groups is 1. The number of hydrogen-bond donors (Lipinski definition) is 3. The Morgan fingerprint density at radius 2 is 1.88 bits per heavy atom. The molecule has 0 aliphatic carbocycles. The van der Waals surface area contributed by atoms with Gasteiger partial charge in [-0.3, -0.25) is 4.79 Å². The molecule has 0 bridgehead atoms. The van der Waals surface area contributed by atoms with Gasteiger partial charge in [-0.1, -0.05) is 20.8 Å². The molecule has 8 nitrogen and oxygen atoms in total. The minimum absolute atomic E-state index is 0.144. The van der Waals surface area contributed by atoms with Gasteiger partial charge < -0.3 is 34.9 Å². The van der Waals surface area contributed by atoms with E-state index in [1.165, 1.54) is 0 Å². The monoisotopic (exact) mass is 453 g/mol. The highest BCUT2D eigenvalue weighted by Crippen LogP contribution is 2.41. The molecule has 0 aromatic heterocycles. The van der Waals surface area contributed by atoms with Crippen molar-refractivity contribution in [2.45, 2.75) is 58.6 Å². The summed E-state index contributed by atoms with van der Waals surface area (Å²) in [5, 5.41) is 19.5. The first kappa shape index (κ1) is 26.2. The van der Waals surface area contributed by atoms with Crippen molar-refractivity contribution in [1.29, 1.82) is 0 Å². The summed E-state index contributed by atoms with van der Waals surface area (Å²) < 4.78 is 22.7. The molecule has 0 fully saturated rings. The number of aliphatic hydroxyl groups excluding tert-OH is 1. The lowest BCUT2D eigenvalue weighted by Gasteiger charge is -2.28. The number of methoxy groups -OCH3 is 1. The maximum absolute atomic E-state index is 11.1. The summed E-state index contributed by atoms with van der Waals surface area (Å²) in [4.78, 5) is 11.1. The molecule has 0 saturated carbocycles. The summed E-state index contributed by atoms with van der Waals surface area (Å²) in [5.41, 5.74) is 7.32. The number of rotatable bonds is 14. The predicted octanol–water partition coefficient (Wildman–Crippen LogP) is 2.88. The third-order valence-electron chi connectivity index (χ3n) is 5.94. The molecule has 1 aliphatic heterocycles. The van der Waals surface area contributed by atoms with Crippen LogP contribution in [0.15, 0.2) is 12.1 Å². The highest BCUT2D eigenvalue weighted by molar-refractivity contribution is 5.69. The minimum Gasteiger partial charge on any atom is -0.489 e. The Kier molecular flexibility index (Phi) is 10.5. The van der Waals surface area contributed by atoms with E-state index in [9.17, 15) is 9.90 Å². The Bertz CT molecular complexity index is 725. The maximum Gasteiger partial charge on any atom is 0.306 e. The number of carboxylic acid groups (broad SMARTS) is 1. The molecule has 1 aromatic carbocycles.